The summed E-state index contributed by atoms with van der Waals surface area (Å²) in [7, 11) is 2.09. The molecule has 2 nitrogen and oxygen atoms in total. The second-order valence-electron chi connectivity index (χ2n) is 4.46. The lowest BCUT2D eigenvalue weighted by Gasteiger charge is -2.22. The molecule has 0 saturated heterocycles. The Bertz CT molecular complexity index is 570. The average molecular weight is 384 g/mol. The first kappa shape index (κ1) is 14.6. The quantitative estimate of drug-likeness (QED) is 0.852. The molecule has 100 valence electrons. The minimum absolute atomic E-state index is 0.539. The molecule has 4 heteroatoms. The van der Waals surface area contributed by atoms with Gasteiger partial charge in [-0.25, -0.2) is 0 Å². The van der Waals surface area contributed by atoms with Gasteiger partial charge in [-0.05, 0) is 41.5 Å². The van der Waals surface area contributed by atoms with Crippen LogP contribution in [0.15, 0.2) is 51.4 Å². The van der Waals surface area contributed by atoms with Crippen LogP contribution < -0.4 is 10.6 Å². The van der Waals surface area contributed by atoms with Crippen molar-refractivity contribution in [2.75, 3.05) is 11.9 Å². The van der Waals surface area contributed by atoms with Gasteiger partial charge in [0.25, 0.3) is 0 Å². The fourth-order valence-electron chi connectivity index (χ4n) is 2.08. The minimum Gasteiger partial charge on any atom is -0.370 e. The van der Waals surface area contributed by atoms with Crippen LogP contribution in [-0.2, 0) is 13.1 Å². The number of nitrogens with two attached hydrogens (primary N) is 1. The van der Waals surface area contributed by atoms with Crippen molar-refractivity contribution in [1.82, 2.24) is 0 Å². The largest absolute Gasteiger partial charge is 0.370 e. The molecular formula is C15H16Br2N2. The molecule has 0 unspecified atom stereocenters. The molecule has 0 aliphatic rings. The number of hydrogen-bond acceptors (Lipinski definition) is 2. The molecule has 0 atom stereocenters. The van der Waals surface area contributed by atoms with Gasteiger partial charge in [-0.3, -0.25) is 0 Å². The number of benzene rings is 2. The molecule has 0 saturated carbocycles. The Kier molecular flexibility index (Phi) is 5.02. The number of anilines is 1. The summed E-state index contributed by atoms with van der Waals surface area (Å²) in [6.45, 7) is 1.39. The number of rotatable bonds is 4. The Hall–Kier alpha value is -0.840. The van der Waals surface area contributed by atoms with Gasteiger partial charge in [0.15, 0.2) is 0 Å². The molecular weight excluding hydrogens is 368 g/mol. The van der Waals surface area contributed by atoms with Crippen LogP contribution in [0.5, 0.6) is 0 Å². The number of nitrogens with zero attached hydrogens (tertiary/aromatic N) is 1. The first-order chi connectivity index (χ1) is 9.10. The monoisotopic (exact) mass is 382 g/mol. The molecule has 2 aromatic rings. The van der Waals surface area contributed by atoms with E-state index >= 15 is 0 Å². The number of hydrogen-bond donors (Lipinski definition) is 1. The maximum absolute atomic E-state index is 5.82. The van der Waals surface area contributed by atoms with Crippen molar-refractivity contribution in [2.45, 2.75) is 13.1 Å². The second-order valence-corrected chi connectivity index (χ2v) is 6.29. The van der Waals surface area contributed by atoms with Crippen molar-refractivity contribution >= 4 is 37.5 Å². The Balaban J connectivity index is 2.22. The van der Waals surface area contributed by atoms with E-state index in [-0.39, 0.29) is 0 Å². The summed E-state index contributed by atoms with van der Waals surface area (Å²) in [5.41, 5.74) is 9.40. The molecule has 2 aromatic carbocycles. The predicted octanol–water partition coefficient (Wildman–Crippen LogP) is 4.31. The van der Waals surface area contributed by atoms with E-state index in [2.05, 4.69) is 74.1 Å². The molecule has 0 heterocycles. The van der Waals surface area contributed by atoms with Crippen LogP contribution in [0.2, 0.25) is 0 Å². The fraction of sp³-hybridized carbons (Fsp3) is 0.200. The summed E-state index contributed by atoms with van der Waals surface area (Å²) in [5, 5.41) is 0. The maximum atomic E-state index is 5.82. The summed E-state index contributed by atoms with van der Waals surface area (Å²) >= 11 is 6.98. The van der Waals surface area contributed by atoms with Crippen molar-refractivity contribution in [2.24, 2.45) is 5.73 Å². The summed E-state index contributed by atoms with van der Waals surface area (Å²) in [6.07, 6.45) is 0. The third kappa shape index (κ3) is 3.81. The lowest BCUT2D eigenvalue weighted by molar-refractivity contribution is 0.903. The summed E-state index contributed by atoms with van der Waals surface area (Å²) in [6, 6.07) is 14.6. The predicted molar refractivity (Wildman–Crippen MR) is 88.3 cm³/mol. The van der Waals surface area contributed by atoms with Crippen LogP contribution in [0.25, 0.3) is 0 Å². The minimum atomic E-state index is 0.539. The first-order valence-electron chi connectivity index (χ1n) is 6.04. The van der Waals surface area contributed by atoms with Crippen molar-refractivity contribution in [3.05, 3.63) is 62.5 Å². The molecule has 0 fully saturated rings. The topological polar surface area (TPSA) is 29.3 Å². The van der Waals surface area contributed by atoms with Crippen LogP contribution in [0.1, 0.15) is 11.1 Å². The first-order valence-corrected chi connectivity index (χ1v) is 7.63. The molecule has 2 rings (SSSR count). The zero-order valence-corrected chi connectivity index (χ0v) is 13.9. The highest BCUT2D eigenvalue weighted by Crippen LogP contribution is 2.25. The zero-order chi connectivity index (χ0) is 13.8. The van der Waals surface area contributed by atoms with E-state index in [0.717, 1.165) is 21.1 Å². The smallest absolute Gasteiger partial charge is 0.0426 e. The third-order valence-corrected chi connectivity index (χ3v) is 3.97. The fourth-order valence-corrected chi connectivity index (χ4v) is 2.94. The van der Waals surface area contributed by atoms with Crippen molar-refractivity contribution < 1.29 is 0 Å². The average Bonchev–Trinajstić information content (AvgIpc) is 2.38. The van der Waals surface area contributed by atoms with E-state index in [0.29, 0.717) is 6.54 Å². The van der Waals surface area contributed by atoms with E-state index in [1.807, 2.05) is 12.1 Å². The van der Waals surface area contributed by atoms with Gasteiger partial charge in [-0.2, -0.15) is 0 Å². The van der Waals surface area contributed by atoms with E-state index in [4.69, 9.17) is 5.73 Å². The van der Waals surface area contributed by atoms with Gasteiger partial charge in [0, 0.05) is 34.8 Å². The van der Waals surface area contributed by atoms with Gasteiger partial charge < -0.3 is 10.6 Å². The van der Waals surface area contributed by atoms with Crippen LogP contribution >= 0.6 is 31.9 Å². The van der Waals surface area contributed by atoms with E-state index < -0.39 is 0 Å². The van der Waals surface area contributed by atoms with Crippen LogP contribution in [0.4, 0.5) is 5.69 Å². The Labute approximate surface area is 130 Å². The molecule has 0 aliphatic heterocycles. The van der Waals surface area contributed by atoms with Crippen molar-refractivity contribution in [3.8, 4) is 0 Å². The Morgan fingerprint density at radius 2 is 1.79 bits per heavy atom. The second kappa shape index (κ2) is 6.55. The third-order valence-electron chi connectivity index (χ3n) is 2.98. The highest BCUT2D eigenvalue weighted by atomic mass is 79.9. The van der Waals surface area contributed by atoms with Crippen LogP contribution in [-0.4, -0.2) is 7.05 Å². The van der Waals surface area contributed by atoms with Crippen LogP contribution in [0, 0.1) is 0 Å². The highest BCUT2D eigenvalue weighted by Gasteiger charge is 2.08. The normalized spacial score (nSPS) is 10.5. The molecule has 0 spiro atoms. The molecule has 0 bridgehead atoms. The molecule has 0 aromatic heterocycles. The number of halogens is 2. The van der Waals surface area contributed by atoms with Gasteiger partial charge in [-0.15, -0.1) is 0 Å². The lowest BCUT2D eigenvalue weighted by Crippen LogP contribution is -2.18. The molecule has 0 aliphatic carbocycles. The summed E-state index contributed by atoms with van der Waals surface area (Å²) < 4.78 is 2.17. The summed E-state index contributed by atoms with van der Waals surface area (Å²) in [5.74, 6) is 0. The zero-order valence-electron chi connectivity index (χ0n) is 10.7. The lowest BCUT2D eigenvalue weighted by atomic mass is 10.1. The molecule has 2 N–H and O–H groups in total. The molecule has 0 amide bonds. The van der Waals surface area contributed by atoms with E-state index in [9.17, 15) is 0 Å². The Morgan fingerprint density at radius 1 is 1.05 bits per heavy atom. The Morgan fingerprint density at radius 3 is 2.47 bits per heavy atom. The summed E-state index contributed by atoms with van der Waals surface area (Å²) in [4.78, 5) is 2.22. The van der Waals surface area contributed by atoms with E-state index in [1.165, 1.54) is 11.3 Å². The molecule has 19 heavy (non-hydrogen) atoms. The highest BCUT2D eigenvalue weighted by molar-refractivity contribution is 9.10. The standard InChI is InChI=1S/C15H16Br2N2/c1-19(10-11-3-2-4-13(16)7-11)15-6-5-14(17)8-12(15)9-18/h2-8H,9-10,18H2,1H3. The van der Waals surface area contributed by atoms with Gasteiger partial charge in [0.05, 0.1) is 0 Å². The van der Waals surface area contributed by atoms with Crippen molar-refractivity contribution in [3.63, 3.8) is 0 Å². The van der Waals surface area contributed by atoms with E-state index in [1.54, 1.807) is 0 Å². The van der Waals surface area contributed by atoms with Crippen LogP contribution in [0.3, 0.4) is 0 Å². The SMILES string of the molecule is CN(Cc1cccc(Br)c1)c1ccc(Br)cc1CN. The maximum Gasteiger partial charge on any atom is 0.0426 e. The van der Waals surface area contributed by atoms with Gasteiger partial charge in [-0.1, -0.05) is 44.0 Å². The van der Waals surface area contributed by atoms with Gasteiger partial charge in [0.2, 0.25) is 0 Å². The van der Waals surface area contributed by atoms with Crippen molar-refractivity contribution in [1.29, 1.82) is 0 Å². The molecule has 0 radical (unpaired) electrons. The van der Waals surface area contributed by atoms with Gasteiger partial charge >= 0.3 is 0 Å². The van der Waals surface area contributed by atoms with Gasteiger partial charge in [0.1, 0.15) is 0 Å².